The van der Waals surface area contributed by atoms with Crippen molar-refractivity contribution in [3.05, 3.63) is 34.3 Å². The predicted molar refractivity (Wildman–Crippen MR) is 60.1 cm³/mol. The molecule has 0 bridgehead atoms. The van der Waals surface area contributed by atoms with E-state index in [1.54, 1.807) is 6.07 Å². The van der Waals surface area contributed by atoms with E-state index >= 15 is 0 Å². The molecule has 1 aliphatic heterocycles. The van der Waals surface area contributed by atoms with Crippen LogP contribution in [0.15, 0.2) is 18.2 Å². The Labute approximate surface area is 94.0 Å². The molecule has 0 unspecified atom stereocenters. The van der Waals surface area contributed by atoms with Crippen molar-refractivity contribution in [2.24, 2.45) is 0 Å². The van der Waals surface area contributed by atoms with E-state index < -0.39 is 0 Å². The minimum atomic E-state index is 0.0859. The van der Waals surface area contributed by atoms with E-state index in [4.69, 9.17) is 11.6 Å². The average molecular weight is 225 g/mol. The molecule has 15 heavy (non-hydrogen) atoms. The van der Waals surface area contributed by atoms with Crippen LogP contribution in [-0.2, 0) is 6.54 Å². The smallest absolute Gasteiger partial charge is 0.254 e. The SMILES string of the molecule is CNCCN1Cc2ccc(Cl)cc2C1=O. The highest BCUT2D eigenvalue weighted by molar-refractivity contribution is 6.31. The molecule has 2 rings (SSSR count). The van der Waals surface area contributed by atoms with Gasteiger partial charge < -0.3 is 10.2 Å². The molecule has 1 amide bonds. The number of carbonyl (C=O) groups is 1. The number of halogens is 1. The van der Waals surface area contributed by atoms with Crippen LogP contribution < -0.4 is 5.32 Å². The van der Waals surface area contributed by atoms with Crippen molar-refractivity contribution >= 4 is 17.5 Å². The number of likely N-dealkylation sites (N-methyl/N-ethyl adjacent to an activating group) is 1. The van der Waals surface area contributed by atoms with Gasteiger partial charge in [-0.3, -0.25) is 4.79 Å². The largest absolute Gasteiger partial charge is 0.333 e. The van der Waals surface area contributed by atoms with Gasteiger partial charge in [0.05, 0.1) is 0 Å². The van der Waals surface area contributed by atoms with Gasteiger partial charge in [0.15, 0.2) is 0 Å². The van der Waals surface area contributed by atoms with E-state index in [0.29, 0.717) is 11.6 Å². The first-order valence-electron chi connectivity index (χ1n) is 4.94. The second-order valence-electron chi connectivity index (χ2n) is 3.63. The standard InChI is InChI=1S/C11H13ClN2O/c1-13-4-5-14-7-8-2-3-9(12)6-10(8)11(14)15/h2-3,6,13H,4-5,7H2,1H3. The van der Waals surface area contributed by atoms with Crippen LogP contribution in [-0.4, -0.2) is 30.9 Å². The van der Waals surface area contributed by atoms with Crippen molar-refractivity contribution in [2.45, 2.75) is 6.54 Å². The summed E-state index contributed by atoms with van der Waals surface area (Å²) in [5.41, 5.74) is 1.82. The van der Waals surface area contributed by atoms with Crippen LogP contribution in [0.4, 0.5) is 0 Å². The fourth-order valence-corrected chi connectivity index (χ4v) is 1.93. The van der Waals surface area contributed by atoms with Crippen molar-refractivity contribution < 1.29 is 4.79 Å². The van der Waals surface area contributed by atoms with Crippen LogP contribution in [0.25, 0.3) is 0 Å². The van der Waals surface area contributed by atoms with Crippen molar-refractivity contribution in [1.29, 1.82) is 0 Å². The lowest BCUT2D eigenvalue weighted by Gasteiger charge is -2.14. The van der Waals surface area contributed by atoms with E-state index in [1.807, 2.05) is 24.1 Å². The van der Waals surface area contributed by atoms with Gasteiger partial charge in [0.1, 0.15) is 0 Å². The molecule has 3 nitrogen and oxygen atoms in total. The van der Waals surface area contributed by atoms with E-state index in [-0.39, 0.29) is 5.91 Å². The lowest BCUT2D eigenvalue weighted by molar-refractivity contribution is 0.0780. The normalized spacial score (nSPS) is 14.5. The Balaban J connectivity index is 2.18. The number of nitrogens with one attached hydrogen (secondary N) is 1. The summed E-state index contributed by atoms with van der Waals surface area (Å²) < 4.78 is 0. The van der Waals surface area contributed by atoms with Crippen molar-refractivity contribution in [3.8, 4) is 0 Å². The zero-order valence-corrected chi connectivity index (χ0v) is 9.34. The summed E-state index contributed by atoms with van der Waals surface area (Å²) in [6, 6.07) is 5.50. The van der Waals surface area contributed by atoms with Gasteiger partial charge in [0, 0.05) is 30.2 Å². The molecule has 0 spiro atoms. The molecule has 0 fully saturated rings. The lowest BCUT2D eigenvalue weighted by atomic mass is 10.1. The van der Waals surface area contributed by atoms with Crippen molar-refractivity contribution in [1.82, 2.24) is 10.2 Å². The molecule has 80 valence electrons. The molecule has 0 saturated carbocycles. The number of amides is 1. The number of benzene rings is 1. The maximum absolute atomic E-state index is 11.9. The zero-order chi connectivity index (χ0) is 10.8. The lowest BCUT2D eigenvalue weighted by Crippen LogP contribution is -2.30. The van der Waals surface area contributed by atoms with Gasteiger partial charge in [0.25, 0.3) is 5.91 Å². The highest BCUT2D eigenvalue weighted by Crippen LogP contribution is 2.25. The minimum Gasteiger partial charge on any atom is -0.333 e. The Morgan fingerprint density at radius 2 is 2.33 bits per heavy atom. The van der Waals surface area contributed by atoms with Crippen molar-refractivity contribution in [3.63, 3.8) is 0 Å². The highest BCUT2D eigenvalue weighted by Gasteiger charge is 2.26. The number of nitrogens with zero attached hydrogens (tertiary/aromatic N) is 1. The number of carbonyl (C=O) groups excluding carboxylic acids is 1. The Bertz CT molecular complexity index is 392. The molecule has 1 N–H and O–H groups in total. The molecule has 0 aromatic heterocycles. The topological polar surface area (TPSA) is 32.3 Å². The molecule has 0 radical (unpaired) electrons. The molecule has 0 aliphatic carbocycles. The maximum Gasteiger partial charge on any atom is 0.254 e. The van der Waals surface area contributed by atoms with Gasteiger partial charge in [-0.2, -0.15) is 0 Å². The Morgan fingerprint density at radius 3 is 3.07 bits per heavy atom. The summed E-state index contributed by atoms with van der Waals surface area (Å²) in [5.74, 6) is 0.0859. The van der Waals surface area contributed by atoms with Gasteiger partial charge in [0.2, 0.25) is 0 Å². The number of hydrogen-bond donors (Lipinski definition) is 1. The number of hydrogen-bond acceptors (Lipinski definition) is 2. The van der Waals surface area contributed by atoms with Crippen LogP contribution in [0.5, 0.6) is 0 Å². The summed E-state index contributed by atoms with van der Waals surface area (Å²) in [7, 11) is 1.88. The van der Waals surface area contributed by atoms with Crippen molar-refractivity contribution in [2.75, 3.05) is 20.1 Å². The molecule has 1 aliphatic rings. The van der Waals surface area contributed by atoms with E-state index in [2.05, 4.69) is 5.32 Å². The molecular weight excluding hydrogens is 212 g/mol. The first-order chi connectivity index (χ1) is 7.22. The van der Waals surface area contributed by atoms with Crippen LogP contribution in [0.3, 0.4) is 0 Å². The minimum absolute atomic E-state index is 0.0859. The second-order valence-corrected chi connectivity index (χ2v) is 4.07. The first-order valence-corrected chi connectivity index (χ1v) is 5.32. The predicted octanol–water partition coefficient (Wildman–Crippen LogP) is 1.52. The third kappa shape index (κ3) is 1.98. The Hall–Kier alpha value is -1.06. The third-order valence-electron chi connectivity index (χ3n) is 2.58. The van der Waals surface area contributed by atoms with Gasteiger partial charge >= 0.3 is 0 Å². The second kappa shape index (κ2) is 4.21. The van der Waals surface area contributed by atoms with Crippen LogP contribution >= 0.6 is 11.6 Å². The van der Waals surface area contributed by atoms with E-state index in [9.17, 15) is 4.79 Å². The molecule has 0 atom stereocenters. The zero-order valence-electron chi connectivity index (χ0n) is 8.59. The third-order valence-corrected chi connectivity index (χ3v) is 2.82. The fraction of sp³-hybridized carbons (Fsp3) is 0.364. The maximum atomic E-state index is 11.9. The van der Waals surface area contributed by atoms with Crippen LogP contribution in [0.1, 0.15) is 15.9 Å². The number of fused-ring (bicyclic) bond motifs is 1. The molecule has 0 saturated heterocycles. The summed E-state index contributed by atoms with van der Waals surface area (Å²) in [6.07, 6.45) is 0. The Morgan fingerprint density at radius 1 is 1.53 bits per heavy atom. The van der Waals surface area contributed by atoms with Crippen LogP contribution in [0, 0.1) is 0 Å². The number of rotatable bonds is 3. The van der Waals surface area contributed by atoms with Gasteiger partial charge in [-0.05, 0) is 24.7 Å². The van der Waals surface area contributed by atoms with E-state index in [0.717, 1.165) is 24.2 Å². The molecular formula is C11H13ClN2O. The monoisotopic (exact) mass is 224 g/mol. The van der Waals surface area contributed by atoms with Gasteiger partial charge in [-0.15, -0.1) is 0 Å². The average Bonchev–Trinajstić information content (AvgIpc) is 2.53. The molecule has 1 aromatic carbocycles. The van der Waals surface area contributed by atoms with E-state index in [1.165, 1.54) is 0 Å². The fourth-order valence-electron chi connectivity index (χ4n) is 1.76. The molecule has 1 heterocycles. The van der Waals surface area contributed by atoms with Gasteiger partial charge in [-0.1, -0.05) is 17.7 Å². The first kappa shape index (κ1) is 10.5. The van der Waals surface area contributed by atoms with Crippen LogP contribution in [0.2, 0.25) is 5.02 Å². The summed E-state index contributed by atoms with van der Waals surface area (Å²) >= 11 is 5.86. The highest BCUT2D eigenvalue weighted by atomic mass is 35.5. The summed E-state index contributed by atoms with van der Waals surface area (Å²) in [6.45, 7) is 2.25. The quantitative estimate of drug-likeness (QED) is 0.844. The van der Waals surface area contributed by atoms with Gasteiger partial charge in [-0.25, -0.2) is 0 Å². The molecule has 1 aromatic rings. The summed E-state index contributed by atoms with van der Waals surface area (Å²) in [5, 5.41) is 3.66. The summed E-state index contributed by atoms with van der Waals surface area (Å²) in [4.78, 5) is 13.7. The molecule has 4 heteroatoms. The Kier molecular flexibility index (Phi) is 2.93.